The van der Waals surface area contributed by atoms with Gasteiger partial charge in [0.05, 0.1) is 18.7 Å². The molecule has 44 heavy (non-hydrogen) atoms. The first-order valence-electron chi connectivity index (χ1n) is 16.0. The highest BCUT2D eigenvalue weighted by atomic mass is 16.5. The molecule has 0 radical (unpaired) electrons. The van der Waals surface area contributed by atoms with E-state index in [-0.39, 0.29) is 12.1 Å². The van der Waals surface area contributed by atoms with Gasteiger partial charge in [0, 0.05) is 79.1 Å². The van der Waals surface area contributed by atoms with E-state index in [0.29, 0.717) is 0 Å². The van der Waals surface area contributed by atoms with Crippen molar-refractivity contribution in [2.45, 2.75) is 45.7 Å². The van der Waals surface area contributed by atoms with Crippen LogP contribution in [0.15, 0.2) is 66.7 Å². The molecular weight excluding hydrogens is 548 g/mol. The van der Waals surface area contributed by atoms with Crippen molar-refractivity contribution in [3.63, 3.8) is 0 Å². The SMILES string of the molecule is Cc1cc(Nc2ccc(N3CCC(N4CCc5ccccc5NC4=O)CC3)cc2)c2cc(CN3CCOCC3)cc(C)c2n1. The summed E-state index contributed by atoms with van der Waals surface area (Å²) in [6.45, 7) is 11.4. The van der Waals surface area contributed by atoms with Gasteiger partial charge in [-0.15, -0.1) is 0 Å². The minimum Gasteiger partial charge on any atom is -0.379 e. The van der Waals surface area contributed by atoms with Gasteiger partial charge in [0.1, 0.15) is 0 Å². The molecule has 2 fully saturated rings. The lowest BCUT2D eigenvalue weighted by atomic mass is 10.0. The fourth-order valence-corrected chi connectivity index (χ4v) is 7.00. The minimum absolute atomic E-state index is 0.0334. The Labute approximate surface area is 260 Å². The molecule has 0 saturated carbocycles. The molecule has 0 aliphatic carbocycles. The van der Waals surface area contributed by atoms with Gasteiger partial charge in [0.25, 0.3) is 0 Å². The summed E-state index contributed by atoms with van der Waals surface area (Å²) in [6.07, 6.45) is 2.83. The van der Waals surface area contributed by atoms with E-state index < -0.39 is 0 Å². The predicted octanol–water partition coefficient (Wildman–Crippen LogP) is 6.49. The van der Waals surface area contributed by atoms with Gasteiger partial charge in [-0.05, 0) is 92.3 Å². The van der Waals surface area contributed by atoms with Crippen LogP contribution in [0.3, 0.4) is 0 Å². The van der Waals surface area contributed by atoms with Crippen LogP contribution in [0, 0.1) is 13.8 Å². The number of nitrogens with one attached hydrogen (secondary N) is 2. The van der Waals surface area contributed by atoms with E-state index in [9.17, 15) is 4.79 Å². The first kappa shape index (κ1) is 28.6. The number of amides is 2. The fraction of sp³-hybridized carbons (Fsp3) is 0.389. The van der Waals surface area contributed by atoms with Gasteiger partial charge in [-0.25, -0.2) is 4.79 Å². The summed E-state index contributed by atoms with van der Waals surface area (Å²) < 4.78 is 5.54. The number of rotatable bonds is 6. The molecule has 0 atom stereocenters. The number of fused-ring (bicyclic) bond motifs is 2. The highest BCUT2D eigenvalue weighted by Gasteiger charge is 2.30. The molecule has 4 aromatic rings. The summed E-state index contributed by atoms with van der Waals surface area (Å²) in [5.41, 5.74) is 10.1. The van der Waals surface area contributed by atoms with Crippen LogP contribution in [0.4, 0.5) is 27.5 Å². The lowest BCUT2D eigenvalue weighted by Crippen LogP contribution is -2.48. The van der Waals surface area contributed by atoms with Crippen molar-refractivity contribution in [1.82, 2.24) is 14.8 Å². The standard InChI is InChI=1S/C36H42N6O2/c1-25-21-27(24-40-17-19-44-20-18-40)23-32-34(22-26(2)37-35(25)32)38-29-7-9-30(10-8-29)41-14-12-31(13-15-41)42-16-11-28-5-3-4-6-33(28)39-36(42)43/h3-10,21-23,31H,11-20,24H2,1-2H3,(H,37,38)(H,39,43). The van der Waals surface area contributed by atoms with E-state index in [2.05, 4.69) is 87.7 Å². The first-order chi connectivity index (χ1) is 21.5. The van der Waals surface area contributed by atoms with Crippen molar-refractivity contribution in [1.29, 1.82) is 0 Å². The van der Waals surface area contributed by atoms with Crippen molar-refractivity contribution < 1.29 is 9.53 Å². The topological polar surface area (TPSA) is 73.0 Å². The number of carbonyl (C=O) groups is 1. The first-order valence-corrected chi connectivity index (χ1v) is 16.0. The highest BCUT2D eigenvalue weighted by molar-refractivity contribution is 5.95. The van der Waals surface area contributed by atoms with E-state index in [1.54, 1.807) is 0 Å². The Balaban J connectivity index is 1.01. The zero-order valence-corrected chi connectivity index (χ0v) is 25.8. The van der Waals surface area contributed by atoms with Crippen LogP contribution < -0.4 is 15.5 Å². The summed E-state index contributed by atoms with van der Waals surface area (Å²) in [4.78, 5) is 24.9. The van der Waals surface area contributed by atoms with Crippen molar-refractivity contribution in [3.8, 4) is 0 Å². The lowest BCUT2D eigenvalue weighted by molar-refractivity contribution is 0.0342. The molecule has 1 aromatic heterocycles. The molecule has 3 aliphatic heterocycles. The van der Waals surface area contributed by atoms with Gasteiger partial charge in [-0.1, -0.05) is 24.3 Å². The molecule has 8 heteroatoms. The number of benzene rings is 3. The number of nitrogens with zero attached hydrogens (tertiary/aromatic N) is 4. The zero-order valence-electron chi connectivity index (χ0n) is 25.8. The summed E-state index contributed by atoms with van der Waals surface area (Å²) in [5, 5.41) is 7.99. The normalized spacial score (nSPS) is 18.2. The van der Waals surface area contributed by atoms with E-state index >= 15 is 0 Å². The van der Waals surface area contributed by atoms with Crippen molar-refractivity contribution in [2.24, 2.45) is 0 Å². The number of ether oxygens (including phenoxy) is 1. The zero-order chi connectivity index (χ0) is 30.0. The third-order valence-electron chi connectivity index (χ3n) is 9.36. The van der Waals surface area contributed by atoms with Gasteiger partial charge in [0.2, 0.25) is 0 Å². The quantitative estimate of drug-likeness (QED) is 0.268. The van der Waals surface area contributed by atoms with E-state index in [1.807, 2.05) is 18.2 Å². The number of hydrogen-bond donors (Lipinski definition) is 2. The van der Waals surface area contributed by atoms with Gasteiger partial charge in [0.15, 0.2) is 0 Å². The molecule has 228 valence electrons. The van der Waals surface area contributed by atoms with Crippen LogP contribution in [0.5, 0.6) is 0 Å². The van der Waals surface area contributed by atoms with Crippen LogP contribution >= 0.6 is 0 Å². The Morgan fingerprint density at radius 3 is 2.50 bits per heavy atom. The van der Waals surface area contributed by atoms with Gasteiger partial charge >= 0.3 is 6.03 Å². The number of hydrogen-bond acceptors (Lipinski definition) is 6. The number of morpholine rings is 1. The monoisotopic (exact) mass is 590 g/mol. The molecule has 0 spiro atoms. The number of para-hydroxylation sites is 1. The van der Waals surface area contributed by atoms with Crippen molar-refractivity contribution in [2.75, 3.05) is 61.5 Å². The maximum atomic E-state index is 13.0. The van der Waals surface area contributed by atoms with Gasteiger partial charge in [-0.3, -0.25) is 9.88 Å². The molecule has 7 rings (SSSR count). The largest absolute Gasteiger partial charge is 0.379 e. The smallest absolute Gasteiger partial charge is 0.322 e. The average molecular weight is 591 g/mol. The summed E-state index contributed by atoms with van der Waals surface area (Å²) in [6, 6.07) is 23.9. The Kier molecular flexibility index (Phi) is 8.11. The summed E-state index contributed by atoms with van der Waals surface area (Å²) in [5.74, 6) is 0. The molecule has 3 aromatic carbocycles. The fourth-order valence-electron chi connectivity index (χ4n) is 7.00. The highest BCUT2D eigenvalue weighted by Crippen LogP contribution is 2.32. The van der Waals surface area contributed by atoms with Crippen LogP contribution in [0.2, 0.25) is 0 Å². The van der Waals surface area contributed by atoms with Crippen LogP contribution in [0.25, 0.3) is 10.9 Å². The van der Waals surface area contributed by atoms with Crippen LogP contribution in [-0.2, 0) is 17.7 Å². The molecular formula is C36H42N6O2. The Hall–Kier alpha value is -4.14. The van der Waals surface area contributed by atoms with E-state index in [4.69, 9.17) is 9.72 Å². The Morgan fingerprint density at radius 2 is 1.70 bits per heavy atom. The third kappa shape index (κ3) is 6.10. The second-order valence-corrected chi connectivity index (χ2v) is 12.4. The predicted molar refractivity (Wildman–Crippen MR) is 178 cm³/mol. The van der Waals surface area contributed by atoms with Crippen LogP contribution in [-0.4, -0.2) is 72.8 Å². The number of pyridine rings is 1. The van der Waals surface area contributed by atoms with Gasteiger partial charge in [-0.2, -0.15) is 0 Å². The molecule has 4 heterocycles. The van der Waals surface area contributed by atoms with Crippen LogP contribution in [0.1, 0.15) is 35.2 Å². The summed E-state index contributed by atoms with van der Waals surface area (Å²) >= 11 is 0. The average Bonchev–Trinajstić information content (AvgIpc) is 3.21. The second kappa shape index (κ2) is 12.5. The molecule has 2 N–H and O–H groups in total. The number of anilines is 4. The van der Waals surface area contributed by atoms with Gasteiger partial charge < -0.3 is 25.2 Å². The van der Waals surface area contributed by atoms with E-state index in [0.717, 1.165) is 105 Å². The Bertz CT molecular complexity index is 1640. The van der Waals surface area contributed by atoms with Crippen molar-refractivity contribution >= 4 is 39.7 Å². The molecule has 8 nitrogen and oxygen atoms in total. The lowest BCUT2D eigenvalue weighted by Gasteiger charge is -2.39. The maximum absolute atomic E-state index is 13.0. The number of urea groups is 1. The minimum atomic E-state index is 0.0334. The number of aryl methyl sites for hydroxylation is 2. The maximum Gasteiger partial charge on any atom is 0.322 e. The third-order valence-corrected chi connectivity index (χ3v) is 9.36. The molecule has 0 unspecified atom stereocenters. The Morgan fingerprint density at radius 1 is 0.932 bits per heavy atom. The molecule has 2 saturated heterocycles. The summed E-state index contributed by atoms with van der Waals surface area (Å²) in [7, 11) is 0. The number of piperidine rings is 1. The molecule has 2 amide bonds. The second-order valence-electron chi connectivity index (χ2n) is 12.4. The van der Waals surface area contributed by atoms with Crippen molar-refractivity contribution in [3.05, 3.63) is 89.1 Å². The number of carbonyl (C=O) groups excluding carboxylic acids is 1. The number of aromatic nitrogens is 1. The van der Waals surface area contributed by atoms with E-state index in [1.165, 1.54) is 22.4 Å². The molecule has 0 bridgehead atoms. The molecule has 3 aliphatic rings.